The van der Waals surface area contributed by atoms with Crippen molar-refractivity contribution in [3.05, 3.63) is 35.9 Å². The highest BCUT2D eigenvalue weighted by Crippen LogP contribution is 2.01. The molecular formula is C12H14N2O2S. The number of amides is 1. The first kappa shape index (κ1) is 13.4. The lowest BCUT2D eigenvalue weighted by molar-refractivity contribution is 0.139. The number of hydrogen-bond acceptors (Lipinski definition) is 4. The number of carbonyl (C=O) groups excluding carboxylic acids is 1. The Morgan fingerprint density at radius 2 is 2.18 bits per heavy atom. The second-order valence-electron chi connectivity index (χ2n) is 3.28. The topological polar surface area (TPSA) is 62.1 Å². The molecule has 90 valence electrons. The average Bonchev–Trinajstić information content (AvgIpc) is 2.37. The summed E-state index contributed by atoms with van der Waals surface area (Å²) < 4.78 is 5.01. The van der Waals surface area contributed by atoms with Crippen LogP contribution in [0.4, 0.5) is 4.79 Å². The lowest BCUT2D eigenvalue weighted by Crippen LogP contribution is -2.25. The van der Waals surface area contributed by atoms with Crippen molar-refractivity contribution in [3.63, 3.8) is 0 Å². The molecule has 1 aromatic rings. The highest BCUT2D eigenvalue weighted by Gasteiger charge is 2.01. The summed E-state index contributed by atoms with van der Waals surface area (Å²) in [7, 11) is 0. The van der Waals surface area contributed by atoms with E-state index in [-0.39, 0.29) is 6.61 Å². The van der Waals surface area contributed by atoms with Crippen LogP contribution in [-0.2, 0) is 11.3 Å². The van der Waals surface area contributed by atoms with E-state index in [2.05, 4.69) is 5.32 Å². The molecule has 0 aliphatic carbocycles. The van der Waals surface area contributed by atoms with Crippen LogP contribution in [0.3, 0.4) is 0 Å². The van der Waals surface area contributed by atoms with Crippen molar-refractivity contribution >= 4 is 17.9 Å². The van der Waals surface area contributed by atoms with Crippen LogP contribution in [0.25, 0.3) is 0 Å². The van der Waals surface area contributed by atoms with E-state index in [9.17, 15) is 4.79 Å². The van der Waals surface area contributed by atoms with Gasteiger partial charge in [0.15, 0.2) is 0 Å². The molecule has 0 aliphatic rings. The third-order valence-corrected chi connectivity index (χ3v) is 2.59. The Balaban J connectivity index is 2.08. The number of ether oxygens (including phenoxy) is 1. The molecule has 0 spiro atoms. The van der Waals surface area contributed by atoms with Gasteiger partial charge in [-0.3, -0.25) is 0 Å². The predicted molar refractivity (Wildman–Crippen MR) is 67.3 cm³/mol. The number of hydrogen-bond donors (Lipinski definition) is 1. The lowest BCUT2D eigenvalue weighted by Gasteiger charge is -2.06. The maximum atomic E-state index is 11.2. The molecule has 1 aromatic carbocycles. The van der Waals surface area contributed by atoms with Gasteiger partial charge in [0, 0.05) is 12.3 Å². The highest BCUT2D eigenvalue weighted by molar-refractivity contribution is 8.03. The number of thiocyanates is 1. The Hall–Kier alpha value is -1.67. The second-order valence-corrected chi connectivity index (χ2v) is 4.16. The number of alkyl carbamates (subject to hydrolysis) is 1. The van der Waals surface area contributed by atoms with Crippen LogP contribution in [0.2, 0.25) is 0 Å². The third kappa shape index (κ3) is 6.48. The maximum Gasteiger partial charge on any atom is 0.407 e. The summed E-state index contributed by atoms with van der Waals surface area (Å²) in [5.41, 5.74) is 0.961. The van der Waals surface area contributed by atoms with E-state index < -0.39 is 6.09 Å². The molecule has 0 unspecified atom stereocenters. The molecule has 0 heterocycles. The van der Waals surface area contributed by atoms with Crippen LogP contribution in [-0.4, -0.2) is 18.4 Å². The maximum absolute atomic E-state index is 11.2. The van der Waals surface area contributed by atoms with E-state index in [0.29, 0.717) is 6.54 Å². The Labute approximate surface area is 105 Å². The molecule has 0 saturated carbocycles. The van der Waals surface area contributed by atoms with Crippen molar-refractivity contribution in [2.24, 2.45) is 0 Å². The van der Waals surface area contributed by atoms with Crippen molar-refractivity contribution in [1.82, 2.24) is 5.32 Å². The predicted octanol–water partition coefficient (Wildman–Crippen LogP) is 2.52. The number of thioether (sulfide) groups is 1. The Bertz CT molecular complexity index is 376. The quantitative estimate of drug-likeness (QED) is 0.622. The summed E-state index contributed by atoms with van der Waals surface area (Å²) >= 11 is 1.18. The minimum Gasteiger partial charge on any atom is -0.445 e. The normalized spacial score (nSPS) is 9.35. The number of nitrogens with one attached hydrogen (secondary N) is 1. The molecule has 1 amide bonds. The third-order valence-electron chi connectivity index (χ3n) is 1.97. The van der Waals surface area contributed by atoms with E-state index in [4.69, 9.17) is 10.00 Å². The van der Waals surface area contributed by atoms with Gasteiger partial charge in [0.05, 0.1) is 0 Å². The Kier molecular flexibility index (Phi) is 6.68. The van der Waals surface area contributed by atoms with Gasteiger partial charge < -0.3 is 10.1 Å². The fourth-order valence-corrected chi connectivity index (χ4v) is 1.53. The first-order valence-corrected chi connectivity index (χ1v) is 6.27. The Morgan fingerprint density at radius 3 is 2.88 bits per heavy atom. The molecule has 0 aromatic heterocycles. The fraction of sp³-hybridized carbons (Fsp3) is 0.333. The number of nitriles is 1. The van der Waals surface area contributed by atoms with Gasteiger partial charge in [0.25, 0.3) is 0 Å². The molecule has 0 radical (unpaired) electrons. The lowest BCUT2D eigenvalue weighted by atomic mass is 10.2. The van der Waals surface area contributed by atoms with Crippen LogP contribution in [0, 0.1) is 10.7 Å². The smallest absolute Gasteiger partial charge is 0.407 e. The molecule has 0 bridgehead atoms. The summed E-state index contributed by atoms with van der Waals surface area (Å²) in [5.74, 6) is 0.718. The van der Waals surface area contributed by atoms with Crippen LogP contribution >= 0.6 is 11.8 Å². The number of benzene rings is 1. The summed E-state index contributed by atoms with van der Waals surface area (Å²) in [5, 5.41) is 12.9. The molecule has 1 rings (SSSR count). The second kappa shape index (κ2) is 8.48. The minimum atomic E-state index is -0.421. The fourth-order valence-electron chi connectivity index (χ4n) is 1.15. The van der Waals surface area contributed by atoms with E-state index in [1.165, 1.54) is 11.8 Å². The number of carbonyl (C=O) groups is 1. The molecule has 0 fully saturated rings. The Morgan fingerprint density at radius 1 is 1.41 bits per heavy atom. The highest BCUT2D eigenvalue weighted by atomic mass is 32.2. The van der Waals surface area contributed by atoms with E-state index in [1.54, 1.807) is 0 Å². The van der Waals surface area contributed by atoms with Crippen LogP contribution in [0.1, 0.15) is 12.0 Å². The SMILES string of the molecule is N#CSCCCNC(=O)OCc1ccccc1. The van der Waals surface area contributed by atoms with Crippen LogP contribution < -0.4 is 5.32 Å². The van der Waals surface area contributed by atoms with E-state index in [0.717, 1.165) is 17.7 Å². The summed E-state index contributed by atoms with van der Waals surface area (Å²) in [4.78, 5) is 11.2. The molecule has 17 heavy (non-hydrogen) atoms. The summed E-state index contributed by atoms with van der Waals surface area (Å²) in [6.45, 7) is 0.807. The molecule has 5 heteroatoms. The molecular weight excluding hydrogens is 236 g/mol. The molecule has 0 saturated heterocycles. The van der Waals surface area contributed by atoms with Gasteiger partial charge in [0.1, 0.15) is 12.0 Å². The monoisotopic (exact) mass is 250 g/mol. The van der Waals surface area contributed by atoms with Crippen molar-refractivity contribution in [2.45, 2.75) is 13.0 Å². The summed E-state index contributed by atoms with van der Waals surface area (Å²) in [6, 6.07) is 9.51. The van der Waals surface area contributed by atoms with Crippen LogP contribution in [0.5, 0.6) is 0 Å². The number of rotatable bonds is 6. The first-order valence-electron chi connectivity index (χ1n) is 5.28. The van der Waals surface area contributed by atoms with Gasteiger partial charge in [-0.15, -0.1) is 0 Å². The van der Waals surface area contributed by atoms with Gasteiger partial charge in [-0.1, -0.05) is 30.3 Å². The van der Waals surface area contributed by atoms with Gasteiger partial charge in [-0.2, -0.15) is 5.26 Å². The van der Waals surface area contributed by atoms with Crippen molar-refractivity contribution in [3.8, 4) is 5.40 Å². The average molecular weight is 250 g/mol. The van der Waals surface area contributed by atoms with Crippen molar-refractivity contribution < 1.29 is 9.53 Å². The number of nitrogens with zero attached hydrogens (tertiary/aromatic N) is 1. The van der Waals surface area contributed by atoms with Crippen molar-refractivity contribution in [1.29, 1.82) is 5.26 Å². The zero-order valence-corrected chi connectivity index (χ0v) is 10.2. The van der Waals surface area contributed by atoms with E-state index >= 15 is 0 Å². The largest absolute Gasteiger partial charge is 0.445 e. The van der Waals surface area contributed by atoms with Crippen LogP contribution in [0.15, 0.2) is 30.3 Å². The first-order chi connectivity index (χ1) is 8.33. The van der Waals surface area contributed by atoms with E-state index in [1.807, 2.05) is 35.7 Å². The standard InChI is InChI=1S/C12H14N2O2S/c13-10-17-8-4-7-14-12(15)16-9-11-5-2-1-3-6-11/h1-3,5-6H,4,7-9H2,(H,14,15). The molecule has 1 N–H and O–H groups in total. The molecule has 0 aliphatic heterocycles. The zero-order valence-electron chi connectivity index (χ0n) is 9.39. The van der Waals surface area contributed by atoms with Gasteiger partial charge in [0.2, 0.25) is 0 Å². The van der Waals surface area contributed by atoms with Gasteiger partial charge >= 0.3 is 6.09 Å². The molecule has 4 nitrogen and oxygen atoms in total. The van der Waals surface area contributed by atoms with Gasteiger partial charge in [-0.25, -0.2) is 4.79 Å². The van der Waals surface area contributed by atoms with Gasteiger partial charge in [-0.05, 0) is 23.7 Å². The zero-order chi connectivity index (χ0) is 12.3. The minimum absolute atomic E-state index is 0.277. The summed E-state index contributed by atoms with van der Waals surface area (Å²) in [6.07, 6.45) is 0.342. The van der Waals surface area contributed by atoms with Crippen molar-refractivity contribution in [2.75, 3.05) is 12.3 Å². The molecule has 0 atom stereocenters.